The fraction of sp³-hybridized carbons (Fsp3) is 0.519. The molecule has 0 aromatic heterocycles. The van der Waals surface area contributed by atoms with E-state index in [-0.39, 0.29) is 23.4 Å². The Balaban J connectivity index is 1.60. The zero-order valence-electron chi connectivity index (χ0n) is 22.5. The number of allylic oxidation sites excluding steroid dienone is 1. The molecule has 3 heterocycles. The van der Waals surface area contributed by atoms with Gasteiger partial charge in [0.25, 0.3) is 5.91 Å². The highest BCUT2D eigenvalue weighted by Gasteiger charge is 2.53. The van der Waals surface area contributed by atoms with E-state index >= 15 is 0 Å². The molecule has 3 aliphatic rings. The van der Waals surface area contributed by atoms with Crippen molar-refractivity contribution in [2.45, 2.75) is 51.9 Å². The lowest BCUT2D eigenvalue weighted by atomic mass is 10.0. The molecule has 4 amide bonds. The first kappa shape index (κ1) is 27.3. The van der Waals surface area contributed by atoms with Crippen LogP contribution in [0, 0.1) is 5.92 Å². The number of hydrogen-bond donors (Lipinski definition) is 2. The van der Waals surface area contributed by atoms with E-state index in [2.05, 4.69) is 10.2 Å². The summed E-state index contributed by atoms with van der Waals surface area (Å²) in [5.74, 6) is -0.774. The maximum Gasteiger partial charge on any atom is 0.328 e. The number of nitrogens with two attached hydrogens (primary N) is 1. The Labute approximate surface area is 223 Å². The number of likely N-dealkylation sites (tertiary alicyclic amines) is 1. The van der Waals surface area contributed by atoms with Gasteiger partial charge in [-0.2, -0.15) is 0 Å². The number of fused-ring (bicyclic) bond motifs is 1. The summed E-state index contributed by atoms with van der Waals surface area (Å²) in [7, 11) is 1.60. The molecule has 38 heavy (non-hydrogen) atoms. The van der Waals surface area contributed by atoms with Crippen LogP contribution in [-0.4, -0.2) is 101 Å². The molecule has 2 unspecified atom stereocenters. The third-order valence-electron chi connectivity index (χ3n) is 7.16. The first-order valence-electron chi connectivity index (χ1n) is 13.1. The number of aliphatic imine (C=N–C) groups is 1. The molecule has 0 saturated carbocycles. The minimum absolute atomic E-state index is 0.0121. The number of benzene rings is 1. The number of guanidine groups is 1. The number of carbonyl (C=O) groups excluding carboxylic acids is 4. The lowest BCUT2D eigenvalue weighted by Gasteiger charge is -2.42. The highest BCUT2D eigenvalue weighted by atomic mass is 16.2. The predicted molar refractivity (Wildman–Crippen MR) is 144 cm³/mol. The number of hydrogen-bond acceptors (Lipinski definition) is 8. The van der Waals surface area contributed by atoms with Gasteiger partial charge in [-0.3, -0.25) is 19.3 Å². The Morgan fingerprint density at radius 1 is 1.24 bits per heavy atom. The number of amides is 4. The number of rotatable bonds is 7. The van der Waals surface area contributed by atoms with Crippen molar-refractivity contribution in [1.29, 1.82) is 0 Å². The molecule has 0 radical (unpaired) electrons. The van der Waals surface area contributed by atoms with Crippen molar-refractivity contribution < 1.29 is 19.2 Å². The first-order valence-corrected chi connectivity index (χ1v) is 13.1. The number of ketones is 1. The van der Waals surface area contributed by atoms with Gasteiger partial charge in [-0.05, 0) is 31.9 Å². The summed E-state index contributed by atoms with van der Waals surface area (Å²) < 4.78 is 0. The number of carbonyl (C=O) groups is 4. The topological polar surface area (TPSA) is 132 Å². The van der Waals surface area contributed by atoms with Crippen molar-refractivity contribution in [3.8, 4) is 0 Å². The normalized spacial score (nSPS) is 23.8. The van der Waals surface area contributed by atoms with Gasteiger partial charge in [0.1, 0.15) is 0 Å². The van der Waals surface area contributed by atoms with Crippen molar-refractivity contribution in [2.75, 3.05) is 38.5 Å². The molecule has 4 rings (SSSR count). The number of nitrogens with one attached hydrogen (secondary N) is 1. The van der Waals surface area contributed by atoms with Crippen LogP contribution in [0.1, 0.15) is 44.0 Å². The molecule has 1 aromatic carbocycles. The molecule has 3 aliphatic heterocycles. The number of nitrogens with zero attached hydrogens (tertiary/aromatic N) is 5. The maximum atomic E-state index is 13.8. The Bertz CT molecular complexity index is 1160. The molecule has 1 aromatic rings. The summed E-state index contributed by atoms with van der Waals surface area (Å²) in [6, 6.07) is 5.28. The molecule has 204 valence electrons. The molecule has 0 spiro atoms. The molecule has 3 atom stereocenters. The molecular formula is C27H37N7O4. The molecule has 11 heteroatoms. The van der Waals surface area contributed by atoms with Crippen LogP contribution in [-0.2, 0) is 9.59 Å². The highest BCUT2D eigenvalue weighted by molar-refractivity contribution is 6.11. The van der Waals surface area contributed by atoms with Gasteiger partial charge in [0.2, 0.25) is 5.91 Å². The summed E-state index contributed by atoms with van der Waals surface area (Å²) in [5.41, 5.74) is 6.81. The van der Waals surface area contributed by atoms with Crippen molar-refractivity contribution in [2.24, 2.45) is 16.6 Å². The summed E-state index contributed by atoms with van der Waals surface area (Å²) >= 11 is 0. The Kier molecular flexibility index (Phi) is 8.15. The van der Waals surface area contributed by atoms with Gasteiger partial charge < -0.3 is 25.8 Å². The van der Waals surface area contributed by atoms with E-state index < -0.39 is 36.5 Å². The minimum Gasteiger partial charge on any atom is -0.341 e. The zero-order valence-corrected chi connectivity index (χ0v) is 22.5. The predicted octanol–water partition coefficient (Wildman–Crippen LogP) is 1.72. The van der Waals surface area contributed by atoms with E-state index in [9.17, 15) is 19.2 Å². The molecular weight excluding hydrogens is 486 g/mol. The largest absolute Gasteiger partial charge is 0.341 e. The average Bonchev–Trinajstić information content (AvgIpc) is 3.28. The summed E-state index contributed by atoms with van der Waals surface area (Å²) in [6.45, 7) is 6.80. The van der Waals surface area contributed by atoms with E-state index in [1.165, 1.54) is 4.90 Å². The van der Waals surface area contributed by atoms with Crippen LogP contribution in [0.5, 0.6) is 0 Å². The molecule has 0 aliphatic carbocycles. The van der Waals surface area contributed by atoms with Crippen LogP contribution in [0.25, 0.3) is 0 Å². The second-order valence-electron chi connectivity index (χ2n) is 10.3. The molecule has 3 N–H and O–H groups in total. The van der Waals surface area contributed by atoms with Gasteiger partial charge in [0.05, 0.1) is 12.2 Å². The number of likely N-dealkylation sites (N-methyl/N-ethyl adjacent to an activating group) is 1. The quantitative estimate of drug-likeness (QED) is 0.411. The third kappa shape index (κ3) is 5.28. The second kappa shape index (κ2) is 11.3. The monoisotopic (exact) mass is 523 g/mol. The van der Waals surface area contributed by atoms with E-state index in [0.717, 1.165) is 24.3 Å². The summed E-state index contributed by atoms with van der Waals surface area (Å²) in [6.07, 6.45) is 4.99. The van der Waals surface area contributed by atoms with E-state index in [1.807, 2.05) is 24.0 Å². The Hall–Kier alpha value is -3.73. The minimum atomic E-state index is -0.759. The van der Waals surface area contributed by atoms with Crippen molar-refractivity contribution in [1.82, 2.24) is 19.6 Å². The molecule has 2 fully saturated rings. The van der Waals surface area contributed by atoms with Gasteiger partial charge in [0, 0.05) is 44.2 Å². The van der Waals surface area contributed by atoms with Crippen molar-refractivity contribution in [3.63, 3.8) is 0 Å². The van der Waals surface area contributed by atoms with Crippen LogP contribution in [0.2, 0.25) is 0 Å². The summed E-state index contributed by atoms with van der Waals surface area (Å²) in [5, 5.41) is 2.76. The van der Waals surface area contributed by atoms with Crippen molar-refractivity contribution in [3.05, 3.63) is 42.0 Å². The number of Topliss-reactive ketones (excluding diaryl/α,β-unsaturated/α-hetero) is 1. The fourth-order valence-corrected chi connectivity index (χ4v) is 5.02. The zero-order chi connectivity index (χ0) is 27.6. The second-order valence-corrected chi connectivity index (χ2v) is 10.3. The van der Waals surface area contributed by atoms with E-state index in [4.69, 9.17) is 10.7 Å². The van der Waals surface area contributed by atoms with E-state index in [1.54, 1.807) is 45.2 Å². The Morgan fingerprint density at radius 2 is 1.97 bits per heavy atom. The SMILES string of the molecule is C/C=C/CN1C(N2CCC[C@H](N)C2)=NC2C1C(=O)N(CC(=O)c1ccccc1NC(=O)C(C)C)C(=O)N2C. The van der Waals surface area contributed by atoms with E-state index in [0.29, 0.717) is 24.7 Å². The van der Waals surface area contributed by atoms with Crippen LogP contribution in [0.15, 0.2) is 41.4 Å². The standard InChI is InChI=1S/C27H37N7O4/c1-5-6-14-33-22-23(30-26(33)32-13-9-10-18(28)15-32)31(4)27(38)34(25(22)37)16-21(35)19-11-7-8-12-20(19)29-24(36)17(2)3/h5-8,11-12,17-18,22-23H,9-10,13-16,28H2,1-4H3,(H,29,36)/b6-5+/t18-,22?,23?/m0/s1. The molecule has 2 saturated heterocycles. The van der Waals surface area contributed by atoms with Gasteiger partial charge >= 0.3 is 6.03 Å². The van der Waals surface area contributed by atoms with Crippen molar-refractivity contribution >= 4 is 35.3 Å². The van der Waals surface area contributed by atoms with Gasteiger partial charge in [-0.25, -0.2) is 9.79 Å². The summed E-state index contributed by atoms with van der Waals surface area (Å²) in [4.78, 5) is 64.0. The number of para-hydroxylation sites is 1. The highest BCUT2D eigenvalue weighted by Crippen LogP contribution is 2.30. The fourth-order valence-electron chi connectivity index (χ4n) is 5.02. The van der Waals surface area contributed by atoms with Gasteiger partial charge in [-0.1, -0.05) is 38.1 Å². The average molecular weight is 524 g/mol. The van der Waals surface area contributed by atoms with Crippen LogP contribution in [0.4, 0.5) is 10.5 Å². The Morgan fingerprint density at radius 3 is 2.66 bits per heavy atom. The van der Waals surface area contributed by atoms with Gasteiger partial charge in [-0.15, -0.1) is 0 Å². The maximum absolute atomic E-state index is 13.8. The number of piperidine rings is 1. The molecule has 11 nitrogen and oxygen atoms in total. The number of imide groups is 1. The van der Waals surface area contributed by atoms with Crippen LogP contribution >= 0.6 is 0 Å². The smallest absolute Gasteiger partial charge is 0.328 e. The van der Waals surface area contributed by atoms with Crippen LogP contribution < -0.4 is 11.1 Å². The van der Waals surface area contributed by atoms with Gasteiger partial charge in [0.15, 0.2) is 24.0 Å². The first-order chi connectivity index (χ1) is 18.1. The lowest BCUT2D eigenvalue weighted by molar-refractivity contribution is -0.137. The van der Waals surface area contributed by atoms with Crippen LogP contribution in [0.3, 0.4) is 0 Å². The molecule has 0 bridgehead atoms. The number of anilines is 1. The lowest BCUT2D eigenvalue weighted by Crippen LogP contribution is -2.66. The third-order valence-corrected chi connectivity index (χ3v) is 7.16. The number of urea groups is 1.